The number of rotatable bonds is 4. The maximum absolute atomic E-state index is 12.0. The quantitative estimate of drug-likeness (QED) is 0.403. The van der Waals surface area contributed by atoms with Gasteiger partial charge in [0.15, 0.2) is 0 Å². The summed E-state index contributed by atoms with van der Waals surface area (Å²) in [6.45, 7) is 0. The SMILES string of the molecule is O=[C]([Au])O[PH](c1ccccc1)(c1ccccc1)c1ccccc1. The van der Waals surface area contributed by atoms with Crippen LogP contribution in [0.3, 0.4) is 0 Å². The molecule has 4 heteroatoms. The van der Waals surface area contributed by atoms with E-state index >= 15 is 0 Å². The van der Waals surface area contributed by atoms with Crippen molar-refractivity contribution in [1.29, 1.82) is 0 Å². The fraction of sp³-hybridized carbons (Fsp3) is 0. The zero-order valence-corrected chi connectivity index (χ0v) is 15.4. The third-order valence-corrected chi connectivity index (χ3v) is 8.32. The normalized spacial score (nSPS) is 11.7. The summed E-state index contributed by atoms with van der Waals surface area (Å²) in [5.41, 5.74) is 0. The third kappa shape index (κ3) is 3.31. The van der Waals surface area contributed by atoms with Crippen LogP contribution in [-0.2, 0) is 25.6 Å². The van der Waals surface area contributed by atoms with Crippen molar-refractivity contribution in [1.82, 2.24) is 0 Å². The summed E-state index contributed by atoms with van der Waals surface area (Å²) in [6, 6.07) is 30.1. The molecular formula is C19H16AuO2P. The Morgan fingerprint density at radius 1 is 0.652 bits per heavy atom. The molecule has 0 amide bonds. The number of hydrogen-bond donors (Lipinski definition) is 0. The minimum atomic E-state index is -2.85. The van der Waals surface area contributed by atoms with Crippen LogP contribution in [0.25, 0.3) is 0 Å². The maximum atomic E-state index is 12.0. The first-order valence-corrected chi connectivity index (χ1v) is 10.2. The zero-order valence-electron chi connectivity index (χ0n) is 12.3. The van der Waals surface area contributed by atoms with Crippen LogP contribution in [0.15, 0.2) is 91.0 Å². The van der Waals surface area contributed by atoms with Crippen molar-refractivity contribution < 1.29 is 30.4 Å². The van der Waals surface area contributed by atoms with E-state index in [0.29, 0.717) is 0 Å². The molecule has 0 unspecified atom stereocenters. The Labute approximate surface area is 148 Å². The van der Waals surface area contributed by atoms with E-state index in [0.717, 1.165) is 15.9 Å². The van der Waals surface area contributed by atoms with E-state index in [1.165, 1.54) is 0 Å². The summed E-state index contributed by atoms with van der Waals surface area (Å²) in [5, 5.41) is 3.16. The molecule has 0 aliphatic heterocycles. The number of hydrogen-bond acceptors (Lipinski definition) is 2. The van der Waals surface area contributed by atoms with Crippen molar-refractivity contribution >= 4 is 27.6 Å². The zero-order chi connectivity index (χ0) is 16.1. The number of carbonyl (C=O) groups excluding carboxylic acids is 1. The fourth-order valence-electron chi connectivity index (χ4n) is 2.80. The predicted molar refractivity (Wildman–Crippen MR) is 93.0 cm³/mol. The third-order valence-electron chi connectivity index (χ3n) is 3.77. The second-order valence-corrected chi connectivity index (χ2v) is 9.27. The van der Waals surface area contributed by atoms with Gasteiger partial charge in [-0.15, -0.1) is 0 Å². The summed E-state index contributed by atoms with van der Waals surface area (Å²) < 4.78 is 5.76. The molecule has 0 aliphatic rings. The molecular weight excluding hydrogens is 488 g/mol. The Hall–Kier alpha value is -1.70. The van der Waals surface area contributed by atoms with Crippen LogP contribution in [0.2, 0.25) is 0 Å². The van der Waals surface area contributed by atoms with Gasteiger partial charge in [-0.2, -0.15) is 0 Å². The van der Waals surface area contributed by atoms with Crippen molar-refractivity contribution in [2.75, 3.05) is 0 Å². The Balaban J connectivity index is 2.32. The van der Waals surface area contributed by atoms with Gasteiger partial charge in [0.2, 0.25) is 0 Å². The monoisotopic (exact) mass is 504 g/mol. The molecule has 23 heavy (non-hydrogen) atoms. The Bertz CT molecular complexity index is 680. The number of carbonyl (C=O) groups is 1. The Morgan fingerprint density at radius 2 is 0.957 bits per heavy atom. The molecule has 3 aromatic carbocycles. The van der Waals surface area contributed by atoms with Gasteiger partial charge in [0, 0.05) is 0 Å². The van der Waals surface area contributed by atoms with Crippen LogP contribution < -0.4 is 15.9 Å². The minimum absolute atomic E-state index is 0.312. The molecule has 0 atom stereocenters. The van der Waals surface area contributed by atoms with Crippen LogP contribution in [-0.4, -0.2) is 4.19 Å². The average Bonchev–Trinajstić information content (AvgIpc) is 2.62. The Morgan fingerprint density at radius 3 is 1.22 bits per heavy atom. The second kappa shape index (κ2) is 7.25. The summed E-state index contributed by atoms with van der Waals surface area (Å²) in [5.74, 6) is 0. The van der Waals surface area contributed by atoms with Crippen LogP contribution in [0.5, 0.6) is 0 Å². The van der Waals surface area contributed by atoms with E-state index in [1.54, 1.807) is 0 Å². The van der Waals surface area contributed by atoms with E-state index in [-0.39, 0.29) is 4.19 Å². The molecule has 0 spiro atoms. The molecule has 2 nitrogen and oxygen atoms in total. The van der Waals surface area contributed by atoms with Crippen molar-refractivity contribution in [3.05, 3.63) is 91.0 Å². The van der Waals surface area contributed by atoms with Crippen LogP contribution in [0.1, 0.15) is 0 Å². The van der Waals surface area contributed by atoms with Crippen molar-refractivity contribution in [2.45, 2.75) is 0 Å². The summed E-state index contributed by atoms with van der Waals surface area (Å²) in [7, 11) is -2.85. The van der Waals surface area contributed by atoms with Crippen LogP contribution >= 0.6 is 7.49 Å². The molecule has 0 N–H and O–H groups in total. The first kappa shape index (κ1) is 16.2. The van der Waals surface area contributed by atoms with E-state index in [2.05, 4.69) is 0 Å². The summed E-state index contributed by atoms with van der Waals surface area (Å²) >= 11 is 1.93. The van der Waals surface area contributed by atoms with Gasteiger partial charge < -0.3 is 0 Å². The van der Waals surface area contributed by atoms with Gasteiger partial charge in [-0.3, -0.25) is 0 Å². The second-order valence-electron chi connectivity index (χ2n) is 5.09. The molecule has 0 bridgehead atoms. The molecule has 3 aromatic rings. The predicted octanol–water partition coefficient (Wildman–Crippen LogP) is 3.31. The Kier molecular flexibility index (Phi) is 5.10. The standard InChI is InChI=1S/C19H16O2P.Au/c20-16-21-22(17-10-4-1-5-11-17,18-12-6-2-7-13-18)19-14-8-3-9-15-19;/h1-15,22H;. The van der Waals surface area contributed by atoms with Crippen molar-refractivity contribution in [2.24, 2.45) is 0 Å². The molecule has 0 aromatic heterocycles. The molecule has 0 fully saturated rings. The van der Waals surface area contributed by atoms with Gasteiger partial charge in [0.1, 0.15) is 0 Å². The van der Waals surface area contributed by atoms with Gasteiger partial charge in [-0.1, -0.05) is 0 Å². The molecule has 120 valence electrons. The van der Waals surface area contributed by atoms with Crippen molar-refractivity contribution in [3.63, 3.8) is 0 Å². The summed E-state index contributed by atoms with van der Waals surface area (Å²) in [4.78, 5) is 12.0. The van der Waals surface area contributed by atoms with Gasteiger partial charge in [0.05, 0.1) is 0 Å². The molecule has 0 saturated heterocycles. The van der Waals surface area contributed by atoms with Gasteiger partial charge in [0.25, 0.3) is 0 Å². The average molecular weight is 504 g/mol. The van der Waals surface area contributed by atoms with Crippen LogP contribution in [0.4, 0.5) is 4.79 Å². The van der Waals surface area contributed by atoms with E-state index in [9.17, 15) is 4.79 Å². The van der Waals surface area contributed by atoms with Crippen molar-refractivity contribution in [3.8, 4) is 0 Å². The first-order valence-electron chi connectivity index (χ1n) is 7.25. The molecule has 0 radical (unpaired) electrons. The fourth-order valence-corrected chi connectivity index (χ4v) is 7.36. The molecule has 0 heterocycles. The van der Waals surface area contributed by atoms with Gasteiger partial charge in [-0.25, -0.2) is 0 Å². The van der Waals surface area contributed by atoms with Gasteiger partial charge in [-0.05, 0) is 0 Å². The van der Waals surface area contributed by atoms with Gasteiger partial charge >= 0.3 is 149 Å². The van der Waals surface area contributed by atoms with E-state index in [1.807, 2.05) is 112 Å². The van der Waals surface area contributed by atoms with Crippen LogP contribution in [0, 0.1) is 0 Å². The summed E-state index contributed by atoms with van der Waals surface area (Å²) in [6.07, 6.45) is 0. The molecule has 0 aliphatic carbocycles. The molecule has 3 rings (SSSR count). The van der Waals surface area contributed by atoms with E-state index < -0.39 is 7.49 Å². The molecule has 0 saturated carbocycles. The number of benzene rings is 3. The first-order chi connectivity index (χ1) is 11.2. The topological polar surface area (TPSA) is 26.3 Å². The van der Waals surface area contributed by atoms with E-state index in [4.69, 9.17) is 4.52 Å².